The Balaban J connectivity index is 1.78. The highest BCUT2D eigenvalue weighted by Crippen LogP contribution is 2.65. The molecular formula is C24H42O2. The third kappa shape index (κ3) is 3.04. The Morgan fingerprint density at radius 3 is 2.00 bits per heavy atom. The molecule has 0 aliphatic heterocycles. The second-order valence-electron chi connectivity index (χ2n) is 12.3. The van der Waals surface area contributed by atoms with Crippen molar-refractivity contribution in [3.63, 3.8) is 0 Å². The molecule has 0 aromatic carbocycles. The summed E-state index contributed by atoms with van der Waals surface area (Å²) in [5, 5.41) is 0. The first-order chi connectivity index (χ1) is 11.7. The van der Waals surface area contributed by atoms with Crippen molar-refractivity contribution in [3.8, 4) is 0 Å². The maximum Gasteiger partial charge on any atom is 0.313 e. The lowest BCUT2D eigenvalue weighted by molar-refractivity contribution is -0.185. The van der Waals surface area contributed by atoms with Crippen molar-refractivity contribution < 1.29 is 9.53 Å². The van der Waals surface area contributed by atoms with E-state index in [1.54, 1.807) is 0 Å². The van der Waals surface area contributed by atoms with E-state index in [0.717, 1.165) is 24.7 Å². The Hall–Kier alpha value is -0.530. The molecule has 0 aromatic rings. The normalized spacial score (nSPS) is 41.8. The minimum atomic E-state index is -0.403. The van der Waals surface area contributed by atoms with Gasteiger partial charge in [0, 0.05) is 0 Å². The highest BCUT2D eigenvalue weighted by atomic mass is 16.6. The van der Waals surface area contributed by atoms with E-state index in [1.807, 2.05) is 0 Å². The first-order valence-corrected chi connectivity index (χ1v) is 11.0. The Bertz CT molecular complexity index is 566. The van der Waals surface area contributed by atoms with Crippen LogP contribution in [0.5, 0.6) is 0 Å². The molecule has 7 atom stereocenters. The van der Waals surface area contributed by atoms with Crippen molar-refractivity contribution in [2.75, 3.05) is 0 Å². The molecule has 3 rings (SSSR count). The van der Waals surface area contributed by atoms with Crippen molar-refractivity contribution >= 4 is 5.97 Å². The summed E-state index contributed by atoms with van der Waals surface area (Å²) in [6.45, 7) is 20.3. The van der Waals surface area contributed by atoms with Gasteiger partial charge in [-0.3, -0.25) is 4.79 Å². The first kappa shape index (κ1) is 20.2. The molecule has 3 aliphatic rings. The van der Waals surface area contributed by atoms with Gasteiger partial charge >= 0.3 is 5.97 Å². The van der Waals surface area contributed by atoms with E-state index < -0.39 is 5.41 Å². The zero-order chi connectivity index (χ0) is 19.7. The van der Waals surface area contributed by atoms with Gasteiger partial charge in [-0.15, -0.1) is 0 Å². The molecule has 2 bridgehead atoms. The van der Waals surface area contributed by atoms with Gasteiger partial charge in [0.25, 0.3) is 0 Å². The van der Waals surface area contributed by atoms with Gasteiger partial charge in [0.1, 0.15) is 5.60 Å². The standard InChI is InChI=1S/C24H42O2/c1-10-15-11-17-12-16(15)14-23(17,8)26-20(25)24(9,22(5,6)7)19-13-18(19)21(2,3)4/h15-19H,10-14H2,1-9H3. The van der Waals surface area contributed by atoms with E-state index in [4.69, 9.17) is 4.74 Å². The smallest absolute Gasteiger partial charge is 0.313 e. The lowest BCUT2D eigenvalue weighted by Crippen LogP contribution is -2.49. The van der Waals surface area contributed by atoms with Gasteiger partial charge in [-0.1, -0.05) is 54.9 Å². The fraction of sp³-hybridized carbons (Fsp3) is 0.958. The van der Waals surface area contributed by atoms with Crippen molar-refractivity contribution in [2.24, 2.45) is 45.8 Å². The SMILES string of the molecule is CCC1CC2CC1CC2(C)OC(=O)C(C)(C1CC1C(C)(C)C)C(C)(C)C. The second-order valence-corrected chi connectivity index (χ2v) is 12.3. The first-order valence-electron chi connectivity index (χ1n) is 11.0. The molecule has 3 saturated carbocycles. The fourth-order valence-corrected chi connectivity index (χ4v) is 6.39. The number of hydrogen-bond acceptors (Lipinski definition) is 2. The van der Waals surface area contributed by atoms with Crippen LogP contribution in [0.2, 0.25) is 0 Å². The van der Waals surface area contributed by atoms with Crippen LogP contribution in [0, 0.1) is 45.8 Å². The average molecular weight is 363 g/mol. The van der Waals surface area contributed by atoms with E-state index in [2.05, 4.69) is 62.3 Å². The Morgan fingerprint density at radius 2 is 1.62 bits per heavy atom. The number of ether oxygens (including phenoxy) is 1. The van der Waals surface area contributed by atoms with Crippen molar-refractivity contribution in [2.45, 2.75) is 100 Å². The molecule has 0 amide bonds. The summed E-state index contributed by atoms with van der Waals surface area (Å²) in [7, 11) is 0. The molecular weight excluding hydrogens is 320 g/mol. The molecule has 3 fully saturated rings. The lowest BCUT2D eigenvalue weighted by Gasteiger charge is -2.45. The van der Waals surface area contributed by atoms with Gasteiger partial charge in [-0.25, -0.2) is 0 Å². The topological polar surface area (TPSA) is 26.3 Å². The Kier molecular flexibility index (Phi) is 4.65. The van der Waals surface area contributed by atoms with Crippen LogP contribution in [-0.4, -0.2) is 11.6 Å². The molecule has 0 N–H and O–H groups in total. The number of carbonyl (C=O) groups excluding carboxylic acids is 1. The molecule has 0 heterocycles. The molecule has 0 spiro atoms. The quantitative estimate of drug-likeness (QED) is 0.535. The zero-order valence-electron chi connectivity index (χ0n) is 18.7. The van der Waals surface area contributed by atoms with Crippen LogP contribution < -0.4 is 0 Å². The van der Waals surface area contributed by atoms with Crippen LogP contribution in [0.25, 0.3) is 0 Å². The van der Waals surface area contributed by atoms with Gasteiger partial charge in [0.2, 0.25) is 0 Å². The zero-order valence-corrected chi connectivity index (χ0v) is 18.7. The molecule has 0 saturated heterocycles. The van der Waals surface area contributed by atoms with E-state index in [-0.39, 0.29) is 22.4 Å². The van der Waals surface area contributed by atoms with E-state index in [1.165, 1.54) is 19.3 Å². The van der Waals surface area contributed by atoms with Gasteiger partial charge in [0.05, 0.1) is 5.41 Å². The highest BCUT2D eigenvalue weighted by molar-refractivity contribution is 5.79. The largest absolute Gasteiger partial charge is 0.459 e. The molecule has 0 aromatic heterocycles. The van der Waals surface area contributed by atoms with Gasteiger partial charge < -0.3 is 4.74 Å². The highest BCUT2D eigenvalue weighted by Gasteiger charge is 2.64. The average Bonchev–Trinajstić information content (AvgIpc) is 3.13. The fourth-order valence-electron chi connectivity index (χ4n) is 6.39. The molecule has 0 radical (unpaired) electrons. The van der Waals surface area contributed by atoms with E-state index in [9.17, 15) is 4.79 Å². The van der Waals surface area contributed by atoms with E-state index >= 15 is 0 Å². The molecule has 150 valence electrons. The summed E-state index contributed by atoms with van der Waals surface area (Å²) in [5.41, 5.74) is -0.456. The van der Waals surface area contributed by atoms with Gasteiger partial charge in [0.15, 0.2) is 0 Å². The lowest BCUT2D eigenvalue weighted by atomic mass is 9.63. The second kappa shape index (κ2) is 5.98. The van der Waals surface area contributed by atoms with Crippen LogP contribution >= 0.6 is 0 Å². The van der Waals surface area contributed by atoms with Gasteiger partial charge in [-0.2, -0.15) is 0 Å². The maximum atomic E-state index is 13.6. The molecule has 26 heavy (non-hydrogen) atoms. The van der Waals surface area contributed by atoms with Crippen molar-refractivity contribution in [1.82, 2.24) is 0 Å². The number of esters is 1. The third-order valence-electron chi connectivity index (χ3n) is 8.85. The summed E-state index contributed by atoms with van der Waals surface area (Å²) in [4.78, 5) is 13.6. The summed E-state index contributed by atoms with van der Waals surface area (Å²) in [5.74, 6) is 3.34. The van der Waals surface area contributed by atoms with Crippen LogP contribution in [0.4, 0.5) is 0 Å². The number of carbonyl (C=O) groups is 1. The number of fused-ring (bicyclic) bond motifs is 2. The molecule has 2 nitrogen and oxygen atoms in total. The summed E-state index contributed by atoms with van der Waals surface area (Å²) in [6.07, 6.45) is 6.04. The van der Waals surface area contributed by atoms with Crippen LogP contribution in [0.15, 0.2) is 0 Å². The summed E-state index contributed by atoms with van der Waals surface area (Å²) >= 11 is 0. The van der Waals surface area contributed by atoms with Crippen LogP contribution in [0.3, 0.4) is 0 Å². The van der Waals surface area contributed by atoms with E-state index in [0.29, 0.717) is 17.8 Å². The summed E-state index contributed by atoms with van der Waals surface area (Å²) in [6, 6.07) is 0. The minimum absolute atomic E-state index is 0.0739. The molecule has 3 aliphatic carbocycles. The predicted molar refractivity (Wildman–Crippen MR) is 108 cm³/mol. The third-order valence-corrected chi connectivity index (χ3v) is 8.85. The molecule has 7 unspecified atom stereocenters. The summed E-state index contributed by atoms with van der Waals surface area (Å²) < 4.78 is 6.44. The predicted octanol–water partition coefficient (Wildman–Crippen LogP) is 6.48. The minimum Gasteiger partial charge on any atom is -0.459 e. The Labute approximate surface area is 161 Å². The van der Waals surface area contributed by atoms with Crippen LogP contribution in [0.1, 0.15) is 94.4 Å². The Morgan fingerprint density at radius 1 is 1.00 bits per heavy atom. The molecule has 2 heteroatoms. The maximum absolute atomic E-state index is 13.6. The van der Waals surface area contributed by atoms with Gasteiger partial charge in [-0.05, 0) is 80.0 Å². The monoisotopic (exact) mass is 362 g/mol. The van der Waals surface area contributed by atoms with Crippen molar-refractivity contribution in [1.29, 1.82) is 0 Å². The van der Waals surface area contributed by atoms with Crippen LogP contribution in [-0.2, 0) is 9.53 Å². The number of hydrogen-bond donors (Lipinski definition) is 0. The number of rotatable bonds is 4. The van der Waals surface area contributed by atoms with Crippen molar-refractivity contribution in [3.05, 3.63) is 0 Å².